The molecule has 0 saturated heterocycles. The van der Waals surface area contributed by atoms with Crippen LogP contribution in [0.15, 0.2) is 36.9 Å². The zero-order chi connectivity index (χ0) is 12.1. The van der Waals surface area contributed by atoms with E-state index in [1.165, 1.54) is 36.9 Å². The van der Waals surface area contributed by atoms with Crippen molar-refractivity contribution in [2.75, 3.05) is 0 Å². The van der Waals surface area contributed by atoms with Crippen LogP contribution in [0, 0.1) is 5.82 Å². The summed E-state index contributed by atoms with van der Waals surface area (Å²) in [5.74, 6) is -0.866. The van der Waals surface area contributed by atoms with Crippen LogP contribution in [0.25, 0.3) is 0 Å². The first-order valence-corrected chi connectivity index (χ1v) is 4.91. The minimum Gasteiger partial charge on any atom is -0.345 e. The molecule has 0 bridgehead atoms. The summed E-state index contributed by atoms with van der Waals surface area (Å²) in [7, 11) is 0. The van der Waals surface area contributed by atoms with Gasteiger partial charge in [-0.15, -0.1) is 0 Å². The normalized spacial score (nSPS) is 9.94. The zero-order valence-electron chi connectivity index (χ0n) is 8.80. The zero-order valence-corrected chi connectivity index (χ0v) is 8.80. The Kier molecular flexibility index (Phi) is 3.34. The monoisotopic (exact) mass is 232 g/mol. The van der Waals surface area contributed by atoms with E-state index in [4.69, 9.17) is 0 Å². The molecule has 0 fully saturated rings. The van der Waals surface area contributed by atoms with Gasteiger partial charge in [0.15, 0.2) is 0 Å². The van der Waals surface area contributed by atoms with Gasteiger partial charge in [0.05, 0.1) is 18.4 Å². The van der Waals surface area contributed by atoms with Crippen LogP contribution >= 0.6 is 0 Å². The van der Waals surface area contributed by atoms with E-state index >= 15 is 0 Å². The summed E-state index contributed by atoms with van der Waals surface area (Å²) in [6.45, 7) is 0.0160. The maximum atomic E-state index is 13.2. The van der Waals surface area contributed by atoms with Gasteiger partial charge in [-0.25, -0.2) is 9.37 Å². The minimum atomic E-state index is -0.452. The van der Waals surface area contributed by atoms with Gasteiger partial charge in [-0.3, -0.25) is 14.8 Å². The molecule has 0 radical (unpaired) electrons. The molecule has 0 saturated carbocycles. The van der Waals surface area contributed by atoms with Crippen molar-refractivity contribution in [1.82, 2.24) is 20.3 Å². The Labute approximate surface area is 96.8 Å². The SMILES string of the molecule is O=C(NCc1ncccc1F)c1cnccn1. The van der Waals surface area contributed by atoms with Gasteiger partial charge in [0, 0.05) is 18.6 Å². The number of carbonyl (C=O) groups excluding carboxylic acids is 1. The molecule has 2 aromatic heterocycles. The number of nitrogens with zero attached hydrogens (tertiary/aromatic N) is 3. The lowest BCUT2D eigenvalue weighted by atomic mass is 10.3. The fourth-order valence-corrected chi connectivity index (χ4v) is 1.22. The molecular formula is C11H9FN4O. The molecule has 5 nitrogen and oxygen atoms in total. The summed E-state index contributed by atoms with van der Waals surface area (Å²) >= 11 is 0. The van der Waals surface area contributed by atoms with Gasteiger partial charge >= 0.3 is 0 Å². The van der Waals surface area contributed by atoms with Crippen molar-refractivity contribution in [1.29, 1.82) is 0 Å². The van der Waals surface area contributed by atoms with E-state index in [1.807, 2.05) is 0 Å². The van der Waals surface area contributed by atoms with Gasteiger partial charge in [-0.1, -0.05) is 0 Å². The lowest BCUT2D eigenvalue weighted by Gasteiger charge is -2.04. The van der Waals surface area contributed by atoms with Gasteiger partial charge in [0.1, 0.15) is 11.5 Å². The number of carbonyl (C=O) groups is 1. The molecular weight excluding hydrogens is 223 g/mol. The van der Waals surface area contributed by atoms with Crippen LogP contribution in [-0.4, -0.2) is 20.9 Å². The number of pyridine rings is 1. The summed E-state index contributed by atoms with van der Waals surface area (Å²) in [6, 6.07) is 2.78. The van der Waals surface area contributed by atoms with Crippen molar-refractivity contribution in [3.8, 4) is 0 Å². The van der Waals surface area contributed by atoms with Crippen LogP contribution in [0.3, 0.4) is 0 Å². The fourth-order valence-electron chi connectivity index (χ4n) is 1.22. The quantitative estimate of drug-likeness (QED) is 0.855. The van der Waals surface area contributed by atoms with E-state index in [0.717, 1.165) is 0 Å². The highest BCUT2D eigenvalue weighted by molar-refractivity contribution is 5.91. The van der Waals surface area contributed by atoms with E-state index in [1.54, 1.807) is 0 Å². The number of amides is 1. The molecule has 0 aromatic carbocycles. The van der Waals surface area contributed by atoms with E-state index in [-0.39, 0.29) is 17.9 Å². The molecule has 0 spiro atoms. The molecule has 17 heavy (non-hydrogen) atoms. The predicted molar refractivity (Wildman–Crippen MR) is 57.4 cm³/mol. The molecule has 0 unspecified atom stereocenters. The molecule has 86 valence electrons. The van der Waals surface area contributed by atoms with Crippen molar-refractivity contribution < 1.29 is 9.18 Å². The Balaban J connectivity index is 2.00. The summed E-state index contributed by atoms with van der Waals surface area (Å²) in [5, 5.41) is 2.51. The molecule has 2 aromatic rings. The number of nitrogens with one attached hydrogen (secondary N) is 1. The highest BCUT2D eigenvalue weighted by Gasteiger charge is 2.08. The van der Waals surface area contributed by atoms with Crippen LogP contribution in [0.5, 0.6) is 0 Å². The average molecular weight is 232 g/mol. The second-order valence-electron chi connectivity index (χ2n) is 3.21. The van der Waals surface area contributed by atoms with Crippen molar-refractivity contribution in [2.24, 2.45) is 0 Å². The molecule has 6 heteroatoms. The third kappa shape index (κ3) is 2.81. The van der Waals surface area contributed by atoms with E-state index < -0.39 is 11.7 Å². The van der Waals surface area contributed by atoms with Gasteiger partial charge < -0.3 is 5.32 Å². The van der Waals surface area contributed by atoms with Crippen LogP contribution in [-0.2, 0) is 6.54 Å². The first-order valence-electron chi connectivity index (χ1n) is 4.91. The van der Waals surface area contributed by atoms with Crippen LogP contribution < -0.4 is 5.32 Å². The van der Waals surface area contributed by atoms with Crippen molar-refractivity contribution in [3.05, 3.63) is 54.1 Å². The molecule has 2 heterocycles. The maximum Gasteiger partial charge on any atom is 0.271 e. The second kappa shape index (κ2) is 5.11. The lowest BCUT2D eigenvalue weighted by molar-refractivity contribution is 0.0944. The minimum absolute atomic E-state index is 0.0160. The number of hydrogen-bond acceptors (Lipinski definition) is 4. The Morgan fingerprint density at radius 2 is 2.18 bits per heavy atom. The summed E-state index contributed by atoms with van der Waals surface area (Å²) in [4.78, 5) is 23.0. The summed E-state index contributed by atoms with van der Waals surface area (Å²) in [6.07, 6.45) is 5.68. The topological polar surface area (TPSA) is 67.8 Å². The van der Waals surface area contributed by atoms with Crippen LogP contribution in [0.2, 0.25) is 0 Å². The number of aromatic nitrogens is 3. The second-order valence-corrected chi connectivity index (χ2v) is 3.21. The van der Waals surface area contributed by atoms with E-state index in [0.29, 0.717) is 0 Å². The van der Waals surface area contributed by atoms with E-state index in [2.05, 4.69) is 20.3 Å². The van der Waals surface area contributed by atoms with Crippen molar-refractivity contribution in [2.45, 2.75) is 6.54 Å². The number of hydrogen-bond donors (Lipinski definition) is 1. The van der Waals surface area contributed by atoms with Gasteiger partial charge in [0.25, 0.3) is 5.91 Å². The molecule has 0 aliphatic rings. The van der Waals surface area contributed by atoms with Crippen molar-refractivity contribution >= 4 is 5.91 Å². The molecule has 0 atom stereocenters. The maximum absolute atomic E-state index is 13.2. The third-order valence-electron chi connectivity index (χ3n) is 2.05. The summed E-state index contributed by atoms with van der Waals surface area (Å²) < 4.78 is 13.2. The Morgan fingerprint density at radius 1 is 1.29 bits per heavy atom. The molecule has 0 aliphatic carbocycles. The van der Waals surface area contributed by atoms with Gasteiger partial charge in [0.2, 0.25) is 0 Å². The highest BCUT2D eigenvalue weighted by atomic mass is 19.1. The van der Waals surface area contributed by atoms with E-state index in [9.17, 15) is 9.18 Å². The predicted octanol–water partition coefficient (Wildman–Crippen LogP) is 0.941. The van der Waals surface area contributed by atoms with Crippen LogP contribution in [0.1, 0.15) is 16.2 Å². The Hall–Kier alpha value is -2.37. The molecule has 1 N–H and O–H groups in total. The molecule has 2 rings (SSSR count). The van der Waals surface area contributed by atoms with Crippen LogP contribution in [0.4, 0.5) is 4.39 Å². The lowest BCUT2D eigenvalue weighted by Crippen LogP contribution is -2.24. The number of rotatable bonds is 3. The van der Waals surface area contributed by atoms with Gasteiger partial charge in [-0.05, 0) is 12.1 Å². The Morgan fingerprint density at radius 3 is 2.88 bits per heavy atom. The standard InChI is InChI=1S/C11H9FN4O/c12-8-2-1-3-14-9(8)7-16-11(17)10-6-13-4-5-15-10/h1-6H,7H2,(H,16,17). The number of halogens is 1. The highest BCUT2D eigenvalue weighted by Crippen LogP contribution is 2.02. The first kappa shape index (κ1) is 11.1. The van der Waals surface area contributed by atoms with Crippen molar-refractivity contribution in [3.63, 3.8) is 0 Å². The smallest absolute Gasteiger partial charge is 0.271 e. The first-order chi connectivity index (χ1) is 8.27. The largest absolute Gasteiger partial charge is 0.345 e. The Bertz CT molecular complexity index is 518. The average Bonchev–Trinajstić information content (AvgIpc) is 2.38. The summed E-state index contributed by atoms with van der Waals surface area (Å²) in [5.41, 5.74) is 0.369. The fraction of sp³-hybridized carbons (Fsp3) is 0.0909. The molecule has 1 amide bonds. The molecule has 0 aliphatic heterocycles. The third-order valence-corrected chi connectivity index (χ3v) is 2.05. The van der Waals surface area contributed by atoms with Gasteiger partial charge in [-0.2, -0.15) is 0 Å².